The summed E-state index contributed by atoms with van der Waals surface area (Å²) in [5.74, 6) is 2.07. The molecule has 0 bridgehead atoms. The van der Waals surface area contributed by atoms with Crippen LogP contribution in [0.25, 0.3) is 0 Å². The molecule has 29 heavy (non-hydrogen) atoms. The first-order chi connectivity index (χ1) is 14.0. The fraction of sp³-hybridized carbons (Fsp3) is 0.381. The molecule has 0 fully saturated rings. The number of rotatable bonds is 10. The van der Waals surface area contributed by atoms with Crippen LogP contribution in [0.5, 0.6) is 17.2 Å². The van der Waals surface area contributed by atoms with Gasteiger partial charge < -0.3 is 24.8 Å². The van der Waals surface area contributed by atoms with E-state index in [4.69, 9.17) is 9.47 Å². The molecule has 0 amide bonds. The molecule has 0 aliphatic heterocycles. The Morgan fingerprint density at radius 3 is 2.48 bits per heavy atom. The van der Waals surface area contributed by atoms with Crippen molar-refractivity contribution >= 4 is 5.96 Å². The largest absolute Gasteiger partial charge is 0.497 e. The highest BCUT2D eigenvalue weighted by molar-refractivity contribution is 5.79. The molecule has 2 aromatic carbocycles. The van der Waals surface area contributed by atoms with Gasteiger partial charge in [0.25, 0.3) is 0 Å². The molecule has 0 radical (unpaired) electrons. The highest BCUT2D eigenvalue weighted by Crippen LogP contribution is 2.25. The van der Waals surface area contributed by atoms with Crippen LogP contribution in [0.1, 0.15) is 17.5 Å². The average molecular weight is 407 g/mol. The summed E-state index contributed by atoms with van der Waals surface area (Å²) < 4.78 is 40.2. The number of hydrogen-bond acceptors (Lipinski definition) is 4. The van der Waals surface area contributed by atoms with Crippen LogP contribution >= 0.6 is 0 Å². The number of aliphatic imine (C=N–C) groups is 1. The highest BCUT2D eigenvalue weighted by atomic mass is 19.3. The predicted octanol–water partition coefficient (Wildman–Crippen LogP) is 3.60. The van der Waals surface area contributed by atoms with Gasteiger partial charge in [0.1, 0.15) is 17.2 Å². The van der Waals surface area contributed by atoms with Gasteiger partial charge in [0.2, 0.25) is 0 Å². The quantitative estimate of drug-likeness (QED) is 0.358. The predicted molar refractivity (Wildman–Crippen MR) is 109 cm³/mol. The zero-order valence-corrected chi connectivity index (χ0v) is 16.9. The molecule has 2 rings (SSSR count). The van der Waals surface area contributed by atoms with Crippen LogP contribution in [-0.4, -0.2) is 40.4 Å². The lowest BCUT2D eigenvalue weighted by molar-refractivity contribution is -0.0504. The maximum Gasteiger partial charge on any atom is 0.387 e. The van der Waals surface area contributed by atoms with Gasteiger partial charge in [0, 0.05) is 25.7 Å². The minimum Gasteiger partial charge on any atom is -0.497 e. The molecule has 0 heterocycles. The summed E-state index contributed by atoms with van der Waals surface area (Å²) in [6.07, 6.45) is 1.79. The monoisotopic (exact) mass is 407 g/mol. The number of ether oxygens (including phenoxy) is 3. The van der Waals surface area contributed by atoms with Gasteiger partial charge in [-0.15, -0.1) is 0 Å². The van der Waals surface area contributed by atoms with E-state index in [-0.39, 0.29) is 12.3 Å². The number of benzene rings is 2. The Morgan fingerprint density at radius 2 is 1.79 bits per heavy atom. The Kier molecular flexibility index (Phi) is 9.01. The highest BCUT2D eigenvalue weighted by Gasteiger charge is 2.11. The van der Waals surface area contributed by atoms with Gasteiger partial charge in [-0.2, -0.15) is 8.78 Å². The zero-order valence-electron chi connectivity index (χ0n) is 16.9. The molecule has 2 aromatic rings. The van der Waals surface area contributed by atoms with Crippen molar-refractivity contribution in [2.24, 2.45) is 4.99 Å². The van der Waals surface area contributed by atoms with E-state index in [1.807, 2.05) is 18.2 Å². The van der Waals surface area contributed by atoms with Crippen LogP contribution in [0.15, 0.2) is 47.5 Å². The number of hydrogen-bond donors (Lipinski definition) is 2. The summed E-state index contributed by atoms with van der Waals surface area (Å²) in [4.78, 5) is 4.16. The number of guanidine groups is 1. The van der Waals surface area contributed by atoms with Crippen molar-refractivity contribution in [1.29, 1.82) is 0 Å². The van der Waals surface area contributed by atoms with Crippen molar-refractivity contribution in [3.63, 3.8) is 0 Å². The van der Waals surface area contributed by atoms with E-state index < -0.39 is 6.61 Å². The third kappa shape index (κ3) is 7.48. The van der Waals surface area contributed by atoms with Gasteiger partial charge in [-0.3, -0.25) is 4.99 Å². The second-order valence-electron chi connectivity index (χ2n) is 6.16. The lowest BCUT2D eigenvalue weighted by Crippen LogP contribution is -2.37. The van der Waals surface area contributed by atoms with Crippen LogP contribution < -0.4 is 24.8 Å². The van der Waals surface area contributed by atoms with Crippen molar-refractivity contribution in [1.82, 2.24) is 10.6 Å². The zero-order chi connectivity index (χ0) is 21.1. The molecule has 0 atom stereocenters. The Hall–Kier alpha value is -3.03. The molecule has 2 N–H and O–H groups in total. The number of aryl methyl sites for hydroxylation is 1. The van der Waals surface area contributed by atoms with Crippen LogP contribution in [-0.2, 0) is 13.0 Å². The van der Waals surface area contributed by atoms with E-state index in [1.165, 1.54) is 18.7 Å². The first-order valence-corrected chi connectivity index (χ1v) is 9.25. The molecule has 0 aliphatic carbocycles. The standard InChI is InChI=1S/C21H27F2N3O3/c1-24-21(25-11-5-7-15-6-4-8-17(12-15)27-2)26-14-16-13-18(28-3)9-10-19(16)29-20(22)23/h4,6,8-10,12-13,20H,5,7,11,14H2,1-3H3,(H2,24,25,26). The molecule has 0 aromatic heterocycles. The van der Waals surface area contributed by atoms with E-state index in [9.17, 15) is 8.78 Å². The van der Waals surface area contributed by atoms with E-state index in [1.54, 1.807) is 26.3 Å². The summed E-state index contributed by atoms with van der Waals surface area (Å²) in [5.41, 5.74) is 1.74. The normalized spacial score (nSPS) is 11.3. The van der Waals surface area contributed by atoms with Crippen LogP contribution in [0.3, 0.4) is 0 Å². The molecule has 0 aliphatic rings. The summed E-state index contributed by atoms with van der Waals surface area (Å²) in [7, 11) is 4.82. The third-order valence-corrected chi connectivity index (χ3v) is 4.22. The second-order valence-corrected chi connectivity index (χ2v) is 6.16. The Bertz CT molecular complexity index is 800. The Labute approximate surface area is 169 Å². The SMILES string of the molecule is CN=C(NCCCc1cccc(OC)c1)NCc1cc(OC)ccc1OC(F)F. The smallest absolute Gasteiger partial charge is 0.387 e. The van der Waals surface area contributed by atoms with Gasteiger partial charge in [0.05, 0.1) is 14.2 Å². The summed E-state index contributed by atoms with van der Waals surface area (Å²) in [5, 5.41) is 6.32. The van der Waals surface area contributed by atoms with Crippen molar-refractivity contribution in [2.45, 2.75) is 26.0 Å². The minimum atomic E-state index is -2.89. The van der Waals surface area contributed by atoms with Crippen LogP contribution in [0.4, 0.5) is 8.78 Å². The molecule has 0 spiro atoms. The third-order valence-electron chi connectivity index (χ3n) is 4.22. The maximum absolute atomic E-state index is 12.6. The van der Waals surface area contributed by atoms with Crippen molar-refractivity contribution in [3.8, 4) is 17.2 Å². The van der Waals surface area contributed by atoms with Crippen molar-refractivity contribution in [2.75, 3.05) is 27.8 Å². The number of nitrogens with zero attached hydrogens (tertiary/aromatic N) is 1. The first kappa shape index (κ1) is 22.3. The van der Waals surface area contributed by atoms with E-state index in [0.29, 0.717) is 23.8 Å². The van der Waals surface area contributed by atoms with Gasteiger partial charge in [-0.25, -0.2) is 0 Å². The van der Waals surface area contributed by atoms with Crippen molar-refractivity contribution in [3.05, 3.63) is 53.6 Å². The second kappa shape index (κ2) is 11.7. The first-order valence-electron chi connectivity index (χ1n) is 9.25. The Balaban J connectivity index is 1.85. The summed E-state index contributed by atoms with van der Waals surface area (Å²) >= 11 is 0. The number of halogens is 2. The molecule has 158 valence electrons. The van der Waals surface area contributed by atoms with Gasteiger partial charge in [0.15, 0.2) is 5.96 Å². The molecule has 0 saturated heterocycles. The number of alkyl halides is 2. The van der Waals surface area contributed by atoms with E-state index in [2.05, 4.69) is 26.4 Å². The summed E-state index contributed by atoms with van der Waals surface area (Å²) in [6, 6.07) is 12.6. The van der Waals surface area contributed by atoms with Gasteiger partial charge in [-0.05, 0) is 48.7 Å². The minimum absolute atomic E-state index is 0.0989. The van der Waals surface area contributed by atoms with Crippen molar-refractivity contribution < 1.29 is 23.0 Å². The molecule has 6 nitrogen and oxygen atoms in total. The van der Waals surface area contributed by atoms with E-state index >= 15 is 0 Å². The fourth-order valence-electron chi connectivity index (χ4n) is 2.76. The lowest BCUT2D eigenvalue weighted by atomic mass is 10.1. The molecule has 0 saturated carbocycles. The summed E-state index contributed by atoms with van der Waals surface area (Å²) in [6.45, 7) is -1.93. The maximum atomic E-state index is 12.6. The number of nitrogens with one attached hydrogen (secondary N) is 2. The molecule has 0 unspecified atom stereocenters. The van der Waals surface area contributed by atoms with Gasteiger partial charge >= 0.3 is 6.61 Å². The van der Waals surface area contributed by atoms with Crippen LogP contribution in [0, 0.1) is 0 Å². The fourth-order valence-corrected chi connectivity index (χ4v) is 2.76. The molecular weight excluding hydrogens is 380 g/mol. The lowest BCUT2D eigenvalue weighted by Gasteiger charge is -2.15. The Morgan fingerprint density at radius 1 is 1.03 bits per heavy atom. The van der Waals surface area contributed by atoms with E-state index in [0.717, 1.165) is 18.6 Å². The molecular formula is C21H27F2N3O3. The van der Waals surface area contributed by atoms with Crippen LogP contribution in [0.2, 0.25) is 0 Å². The van der Waals surface area contributed by atoms with Gasteiger partial charge in [-0.1, -0.05) is 12.1 Å². The number of methoxy groups -OCH3 is 2. The average Bonchev–Trinajstić information content (AvgIpc) is 2.73. The molecule has 8 heteroatoms. The topological polar surface area (TPSA) is 64.1 Å².